The topological polar surface area (TPSA) is 83.0 Å². The van der Waals surface area contributed by atoms with Gasteiger partial charge in [-0.05, 0) is 19.1 Å². The van der Waals surface area contributed by atoms with Crippen LogP contribution in [0.2, 0.25) is 0 Å². The summed E-state index contributed by atoms with van der Waals surface area (Å²) in [5, 5.41) is 9.46. The van der Waals surface area contributed by atoms with E-state index >= 15 is 0 Å². The summed E-state index contributed by atoms with van der Waals surface area (Å²) in [6.07, 6.45) is 5.77. The fourth-order valence-corrected chi connectivity index (χ4v) is 2.86. The number of carboxylic acids is 1. The van der Waals surface area contributed by atoms with E-state index in [4.69, 9.17) is 5.11 Å². The van der Waals surface area contributed by atoms with Gasteiger partial charge in [-0.2, -0.15) is 4.98 Å². The summed E-state index contributed by atoms with van der Waals surface area (Å²) in [6, 6.07) is 0. The minimum atomic E-state index is -1.05. The van der Waals surface area contributed by atoms with Crippen molar-refractivity contribution >= 4 is 17.7 Å². The summed E-state index contributed by atoms with van der Waals surface area (Å²) in [5.41, 5.74) is -0.0184. The number of nitrogens with one attached hydrogen (secondary N) is 1. The molecule has 1 heterocycles. The number of carbonyl (C=O) groups is 1. The smallest absolute Gasteiger partial charge is 0.346 e. The number of rotatable bonds is 8. The number of aromatic carboxylic acids is 1. The van der Waals surface area contributed by atoms with Crippen LogP contribution < -0.4 is 5.69 Å². The molecule has 106 valence electrons. The van der Waals surface area contributed by atoms with Crippen LogP contribution in [0.1, 0.15) is 55.1 Å². The van der Waals surface area contributed by atoms with E-state index in [2.05, 4.69) is 16.9 Å². The summed E-state index contributed by atoms with van der Waals surface area (Å²) in [5.74, 6) is -0.255. The summed E-state index contributed by atoms with van der Waals surface area (Å²) >= 11 is 1.35. The predicted octanol–water partition coefficient (Wildman–Crippen LogP) is 2.84. The highest BCUT2D eigenvalue weighted by Crippen LogP contribution is 2.22. The molecule has 0 saturated heterocycles. The molecule has 0 radical (unpaired) electrons. The van der Waals surface area contributed by atoms with Gasteiger partial charge in [-0.3, -0.25) is 0 Å². The second kappa shape index (κ2) is 7.99. The van der Waals surface area contributed by atoms with Crippen molar-refractivity contribution in [1.29, 1.82) is 0 Å². The van der Waals surface area contributed by atoms with Crippen molar-refractivity contribution in [2.24, 2.45) is 0 Å². The van der Waals surface area contributed by atoms with Crippen LogP contribution in [-0.4, -0.2) is 26.8 Å². The Balaban J connectivity index is 2.62. The van der Waals surface area contributed by atoms with E-state index < -0.39 is 11.7 Å². The van der Waals surface area contributed by atoms with E-state index in [1.807, 2.05) is 0 Å². The zero-order chi connectivity index (χ0) is 14.3. The Bertz CT molecular complexity index is 485. The number of hydrogen-bond acceptors (Lipinski definition) is 4. The molecular formula is C13H20N2O3S. The van der Waals surface area contributed by atoms with Gasteiger partial charge in [0.2, 0.25) is 0 Å². The minimum Gasteiger partial charge on any atom is -0.478 e. The monoisotopic (exact) mass is 284 g/mol. The van der Waals surface area contributed by atoms with Crippen molar-refractivity contribution in [3.05, 3.63) is 21.7 Å². The lowest BCUT2D eigenvalue weighted by Crippen LogP contribution is -2.18. The van der Waals surface area contributed by atoms with E-state index in [9.17, 15) is 9.59 Å². The number of aromatic amines is 1. The molecular weight excluding hydrogens is 264 g/mol. The Hall–Kier alpha value is -1.30. The van der Waals surface area contributed by atoms with Gasteiger partial charge in [-0.15, -0.1) is 11.8 Å². The first-order valence-electron chi connectivity index (χ1n) is 6.53. The lowest BCUT2D eigenvalue weighted by Gasteiger charge is -2.06. The van der Waals surface area contributed by atoms with E-state index in [-0.39, 0.29) is 5.56 Å². The number of unbranched alkanes of at least 4 members (excludes halogenated alkanes) is 4. The van der Waals surface area contributed by atoms with Gasteiger partial charge in [0.05, 0.1) is 0 Å². The number of nitrogens with zero attached hydrogens (tertiary/aromatic N) is 1. The molecule has 1 aromatic heterocycles. The maximum atomic E-state index is 11.3. The summed E-state index contributed by atoms with van der Waals surface area (Å²) in [6.45, 7) is 3.74. The molecule has 19 heavy (non-hydrogen) atoms. The normalized spacial score (nSPS) is 10.6. The molecule has 0 saturated carbocycles. The van der Waals surface area contributed by atoms with Crippen molar-refractivity contribution in [3.8, 4) is 0 Å². The Morgan fingerprint density at radius 2 is 2.00 bits per heavy atom. The van der Waals surface area contributed by atoms with Crippen LogP contribution in [0.15, 0.2) is 9.82 Å². The maximum Gasteiger partial charge on any atom is 0.346 e. The highest BCUT2D eigenvalue weighted by molar-refractivity contribution is 7.99. The summed E-state index contributed by atoms with van der Waals surface area (Å²) < 4.78 is 0. The van der Waals surface area contributed by atoms with Crippen LogP contribution >= 0.6 is 11.8 Å². The predicted molar refractivity (Wildman–Crippen MR) is 76.0 cm³/mol. The largest absolute Gasteiger partial charge is 0.478 e. The first kappa shape index (κ1) is 15.8. The molecule has 0 fully saturated rings. The fraction of sp³-hybridized carbons (Fsp3) is 0.615. The van der Waals surface area contributed by atoms with Crippen LogP contribution in [0, 0.1) is 6.92 Å². The highest BCUT2D eigenvalue weighted by atomic mass is 32.2. The van der Waals surface area contributed by atoms with Crippen LogP contribution in [0.25, 0.3) is 0 Å². The first-order valence-corrected chi connectivity index (χ1v) is 7.51. The number of aromatic nitrogens is 2. The Morgan fingerprint density at radius 1 is 1.32 bits per heavy atom. The lowest BCUT2D eigenvalue weighted by molar-refractivity contribution is 0.0690. The zero-order valence-electron chi connectivity index (χ0n) is 11.4. The standard InChI is InChI=1S/C13H20N2O3S/c1-3-4-5-6-7-8-19-11-10(12(16)17)9(2)14-13(18)15-11/h3-8H2,1-2H3,(H,16,17)(H,14,15,18). The molecule has 6 heteroatoms. The van der Waals surface area contributed by atoms with Gasteiger partial charge in [0, 0.05) is 5.69 Å². The highest BCUT2D eigenvalue weighted by Gasteiger charge is 2.16. The molecule has 0 atom stereocenters. The molecule has 0 amide bonds. The average molecular weight is 284 g/mol. The van der Waals surface area contributed by atoms with E-state index in [0.29, 0.717) is 10.7 Å². The zero-order valence-corrected chi connectivity index (χ0v) is 12.2. The van der Waals surface area contributed by atoms with Crippen molar-refractivity contribution in [2.75, 3.05) is 5.75 Å². The number of carboxylic acid groups (broad SMARTS) is 1. The van der Waals surface area contributed by atoms with Crippen molar-refractivity contribution in [2.45, 2.75) is 51.0 Å². The van der Waals surface area contributed by atoms with Crippen LogP contribution in [0.5, 0.6) is 0 Å². The van der Waals surface area contributed by atoms with Crippen LogP contribution in [0.4, 0.5) is 0 Å². The molecule has 0 aliphatic rings. The molecule has 0 aliphatic heterocycles. The molecule has 1 aromatic rings. The first-order chi connectivity index (χ1) is 9.06. The molecule has 5 nitrogen and oxygen atoms in total. The second-order valence-electron chi connectivity index (χ2n) is 4.41. The van der Waals surface area contributed by atoms with Gasteiger partial charge in [0.25, 0.3) is 0 Å². The SMILES string of the molecule is CCCCCCCSc1nc(=O)[nH]c(C)c1C(=O)O. The Morgan fingerprint density at radius 3 is 2.63 bits per heavy atom. The summed E-state index contributed by atoms with van der Waals surface area (Å²) in [4.78, 5) is 28.6. The van der Waals surface area contributed by atoms with Gasteiger partial charge >= 0.3 is 11.7 Å². The molecule has 0 aliphatic carbocycles. The third-order valence-corrected chi connectivity index (χ3v) is 3.85. The third kappa shape index (κ3) is 5.06. The van der Waals surface area contributed by atoms with Gasteiger partial charge in [-0.25, -0.2) is 9.59 Å². The van der Waals surface area contributed by atoms with Crippen LogP contribution in [-0.2, 0) is 0 Å². The summed E-state index contributed by atoms with van der Waals surface area (Å²) in [7, 11) is 0. The van der Waals surface area contributed by atoms with Crippen molar-refractivity contribution in [3.63, 3.8) is 0 Å². The van der Waals surface area contributed by atoms with E-state index in [0.717, 1.165) is 18.6 Å². The second-order valence-corrected chi connectivity index (χ2v) is 5.50. The van der Waals surface area contributed by atoms with Gasteiger partial charge in [0.1, 0.15) is 10.6 Å². The maximum absolute atomic E-state index is 11.3. The molecule has 2 N–H and O–H groups in total. The Kier molecular flexibility index (Phi) is 6.62. The van der Waals surface area contributed by atoms with Gasteiger partial charge in [0.15, 0.2) is 0 Å². The van der Waals surface area contributed by atoms with Gasteiger partial charge in [-0.1, -0.05) is 32.6 Å². The molecule has 0 spiro atoms. The molecule has 0 aromatic carbocycles. The Labute approximate surface area is 116 Å². The van der Waals surface area contributed by atoms with Crippen molar-refractivity contribution in [1.82, 2.24) is 9.97 Å². The molecule has 1 rings (SSSR count). The van der Waals surface area contributed by atoms with E-state index in [1.165, 1.54) is 31.0 Å². The van der Waals surface area contributed by atoms with Crippen LogP contribution in [0.3, 0.4) is 0 Å². The van der Waals surface area contributed by atoms with Gasteiger partial charge < -0.3 is 10.1 Å². The number of aryl methyl sites for hydroxylation is 1. The lowest BCUT2D eigenvalue weighted by atomic mass is 10.2. The number of thioether (sulfide) groups is 1. The fourth-order valence-electron chi connectivity index (χ4n) is 1.79. The molecule has 0 bridgehead atoms. The molecule has 0 unspecified atom stereocenters. The third-order valence-electron chi connectivity index (χ3n) is 2.79. The minimum absolute atomic E-state index is 0.109. The van der Waals surface area contributed by atoms with Crippen molar-refractivity contribution < 1.29 is 9.90 Å². The number of H-pyrrole nitrogens is 1. The quantitative estimate of drug-likeness (QED) is 0.436. The average Bonchev–Trinajstić information content (AvgIpc) is 2.32. The van der Waals surface area contributed by atoms with E-state index in [1.54, 1.807) is 6.92 Å². The number of hydrogen-bond donors (Lipinski definition) is 2.